The third kappa shape index (κ3) is 4.41. The van der Waals surface area contributed by atoms with Gasteiger partial charge in [0.25, 0.3) is 0 Å². The van der Waals surface area contributed by atoms with Gasteiger partial charge in [-0.15, -0.1) is 0 Å². The van der Waals surface area contributed by atoms with Crippen molar-refractivity contribution < 1.29 is 9.53 Å². The molecule has 5 nitrogen and oxygen atoms in total. The number of ketones is 1. The predicted octanol–water partition coefficient (Wildman–Crippen LogP) is 2.47. The van der Waals surface area contributed by atoms with Crippen LogP contribution in [0, 0.1) is 0 Å². The summed E-state index contributed by atoms with van der Waals surface area (Å²) in [5.74, 6) is 0.586. The number of carbonyl (C=O) groups excluding carboxylic acids is 1. The van der Waals surface area contributed by atoms with E-state index in [1.807, 2.05) is 49.3 Å². The normalized spacial score (nSPS) is 10.9. The number of halogens is 1. The molecule has 21 heavy (non-hydrogen) atoms. The van der Waals surface area contributed by atoms with E-state index in [-0.39, 0.29) is 12.4 Å². The summed E-state index contributed by atoms with van der Waals surface area (Å²) in [5.41, 5.74) is 0.549. The molecule has 0 saturated carbocycles. The fourth-order valence-corrected chi connectivity index (χ4v) is 2.36. The number of hydrogen-bond acceptors (Lipinski definition) is 4. The Morgan fingerprint density at radius 3 is 2.71 bits per heavy atom. The van der Waals surface area contributed by atoms with Crippen molar-refractivity contribution in [2.75, 3.05) is 27.2 Å². The van der Waals surface area contributed by atoms with Gasteiger partial charge < -0.3 is 9.64 Å². The average Bonchev–Trinajstić information content (AvgIpc) is 2.85. The van der Waals surface area contributed by atoms with Gasteiger partial charge in [0.1, 0.15) is 11.4 Å². The Morgan fingerprint density at radius 1 is 1.33 bits per heavy atom. The molecule has 0 fully saturated rings. The second-order valence-corrected chi connectivity index (χ2v) is 5.75. The Morgan fingerprint density at radius 2 is 2.05 bits per heavy atom. The van der Waals surface area contributed by atoms with E-state index < -0.39 is 0 Å². The smallest absolute Gasteiger partial charge is 0.219 e. The molecule has 0 aliphatic carbocycles. The number of benzene rings is 1. The molecule has 1 aromatic carbocycles. The van der Waals surface area contributed by atoms with Crippen molar-refractivity contribution in [2.45, 2.75) is 6.54 Å². The van der Waals surface area contributed by atoms with E-state index in [4.69, 9.17) is 4.74 Å². The maximum Gasteiger partial charge on any atom is 0.219 e. The van der Waals surface area contributed by atoms with Crippen molar-refractivity contribution in [3.8, 4) is 5.75 Å². The van der Waals surface area contributed by atoms with Crippen molar-refractivity contribution in [1.82, 2.24) is 14.7 Å². The van der Waals surface area contributed by atoms with E-state index in [2.05, 4.69) is 21.0 Å². The van der Waals surface area contributed by atoms with E-state index in [0.29, 0.717) is 22.5 Å². The maximum absolute atomic E-state index is 12.3. The number of para-hydroxylation sites is 1. The van der Waals surface area contributed by atoms with Crippen molar-refractivity contribution in [2.24, 2.45) is 0 Å². The van der Waals surface area contributed by atoms with Gasteiger partial charge in [0.05, 0.1) is 17.2 Å². The third-order valence-corrected chi connectivity index (χ3v) is 3.51. The third-order valence-electron chi connectivity index (χ3n) is 2.93. The highest BCUT2D eigenvalue weighted by Crippen LogP contribution is 2.17. The number of hydrogen-bond donors (Lipinski definition) is 0. The number of ether oxygens (including phenoxy) is 1. The quantitative estimate of drug-likeness (QED) is 0.719. The Bertz CT molecular complexity index is 596. The predicted molar refractivity (Wildman–Crippen MR) is 84.7 cm³/mol. The van der Waals surface area contributed by atoms with Crippen molar-refractivity contribution in [1.29, 1.82) is 0 Å². The van der Waals surface area contributed by atoms with Crippen molar-refractivity contribution >= 4 is 21.7 Å². The first-order chi connectivity index (χ1) is 10.1. The highest BCUT2D eigenvalue weighted by Gasteiger charge is 2.17. The Balaban J connectivity index is 2.03. The zero-order chi connectivity index (χ0) is 15.2. The summed E-state index contributed by atoms with van der Waals surface area (Å²) in [6.45, 7) is 1.47. The van der Waals surface area contributed by atoms with Crippen molar-refractivity contribution in [3.63, 3.8) is 0 Å². The van der Waals surface area contributed by atoms with Gasteiger partial charge in [0.2, 0.25) is 5.78 Å². The van der Waals surface area contributed by atoms with Gasteiger partial charge in [0, 0.05) is 6.54 Å². The van der Waals surface area contributed by atoms with Crippen LogP contribution in [0.25, 0.3) is 0 Å². The van der Waals surface area contributed by atoms with Crippen LogP contribution in [0.1, 0.15) is 10.5 Å². The maximum atomic E-state index is 12.3. The number of nitrogens with zero attached hydrogens (tertiary/aromatic N) is 3. The summed E-state index contributed by atoms with van der Waals surface area (Å²) in [6, 6.07) is 9.30. The molecule has 6 heteroatoms. The van der Waals surface area contributed by atoms with E-state index >= 15 is 0 Å². The fourth-order valence-electron chi connectivity index (χ4n) is 1.84. The molecule has 0 bridgehead atoms. The Hall–Kier alpha value is -1.66. The van der Waals surface area contributed by atoms with Crippen LogP contribution in [-0.2, 0) is 6.54 Å². The topological polar surface area (TPSA) is 47.4 Å². The summed E-state index contributed by atoms with van der Waals surface area (Å²) >= 11 is 3.38. The Labute approximate surface area is 132 Å². The van der Waals surface area contributed by atoms with Crippen LogP contribution < -0.4 is 4.74 Å². The first-order valence-corrected chi connectivity index (χ1v) is 7.44. The molecule has 0 aliphatic rings. The van der Waals surface area contributed by atoms with Crippen LogP contribution >= 0.6 is 15.9 Å². The molecule has 2 rings (SSSR count). The lowest BCUT2D eigenvalue weighted by atomic mass is 10.3. The van der Waals surface area contributed by atoms with Crippen LogP contribution in [0.3, 0.4) is 0 Å². The molecule has 2 aromatic rings. The van der Waals surface area contributed by atoms with Crippen LogP contribution in [0.2, 0.25) is 0 Å². The van der Waals surface area contributed by atoms with Gasteiger partial charge in [-0.1, -0.05) is 18.2 Å². The number of Topliss-reactive ketones (excluding diaryl/α,β-unsaturated/α-hetero) is 1. The molecule has 0 unspecified atom stereocenters. The summed E-state index contributed by atoms with van der Waals surface area (Å²) in [5, 5.41) is 4.23. The SMILES string of the molecule is CN(C)CCn1ncc(Br)c1C(=O)COc1ccccc1. The lowest BCUT2D eigenvalue weighted by molar-refractivity contribution is 0.0909. The Kier molecular flexibility index (Phi) is 5.52. The molecular formula is C15H18BrN3O2. The van der Waals surface area contributed by atoms with Gasteiger partial charge in [-0.3, -0.25) is 9.48 Å². The fraction of sp³-hybridized carbons (Fsp3) is 0.333. The standard InChI is InChI=1S/C15H18BrN3O2/c1-18(2)8-9-19-15(13(16)10-17-19)14(20)11-21-12-6-4-3-5-7-12/h3-7,10H,8-9,11H2,1-2H3. The summed E-state index contributed by atoms with van der Waals surface area (Å²) in [4.78, 5) is 14.4. The summed E-state index contributed by atoms with van der Waals surface area (Å²) in [6.07, 6.45) is 1.64. The highest BCUT2D eigenvalue weighted by molar-refractivity contribution is 9.10. The van der Waals surface area contributed by atoms with Crippen LogP contribution in [0.4, 0.5) is 0 Å². The first kappa shape index (κ1) is 15.7. The zero-order valence-electron chi connectivity index (χ0n) is 12.1. The minimum Gasteiger partial charge on any atom is -0.485 e. The van der Waals surface area contributed by atoms with Gasteiger partial charge >= 0.3 is 0 Å². The second kappa shape index (κ2) is 7.38. The number of carbonyl (C=O) groups is 1. The lowest BCUT2D eigenvalue weighted by Crippen LogP contribution is -2.23. The minimum atomic E-state index is -0.0954. The summed E-state index contributed by atoms with van der Waals surface area (Å²) < 4.78 is 7.91. The molecule has 0 atom stereocenters. The number of likely N-dealkylation sites (N-methyl/N-ethyl adjacent to an activating group) is 1. The van der Waals surface area contributed by atoms with E-state index in [0.717, 1.165) is 6.54 Å². The molecule has 0 radical (unpaired) electrons. The molecule has 0 N–H and O–H groups in total. The molecule has 112 valence electrons. The van der Waals surface area contributed by atoms with E-state index in [9.17, 15) is 4.79 Å². The minimum absolute atomic E-state index is 0.00370. The molecular weight excluding hydrogens is 334 g/mol. The molecule has 0 saturated heterocycles. The lowest BCUT2D eigenvalue weighted by Gasteiger charge is -2.12. The monoisotopic (exact) mass is 351 g/mol. The molecule has 0 aliphatic heterocycles. The van der Waals surface area contributed by atoms with Crippen LogP contribution in [0.15, 0.2) is 41.0 Å². The average molecular weight is 352 g/mol. The molecule has 1 heterocycles. The molecule has 0 spiro atoms. The van der Waals surface area contributed by atoms with Crippen molar-refractivity contribution in [3.05, 3.63) is 46.7 Å². The zero-order valence-corrected chi connectivity index (χ0v) is 13.7. The van der Waals surface area contributed by atoms with Gasteiger partial charge in [-0.25, -0.2) is 0 Å². The number of rotatable bonds is 7. The molecule has 0 amide bonds. The van der Waals surface area contributed by atoms with Crippen LogP contribution in [-0.4, -0.2) is 47.7 Å². The van der Waals surface area contributed by atoms with Crippen LogP contribution in [0.5, 0.6) is 5.75 Å². The first-order valence-electron chi connectivity index (χ1n) is 6.65. The van der Waals surface area contributed by atoms with Gasteiger partial charge in [0.15, 0.2) is 6.61 Å². The highest BCUT2D eigenvalue weighted by atomic mass is 79.9. The van der Waals surface area contributed by atoms with Gasteiger partial charge in [-0.05, 0) is 42.2 Å². The number of aromatic nitrogens is 2. The largest absolute Gasteiger partial charge is 0.485 e. The van der Waals surface area contributed by atoms with E-state index in [1.54, 1.807) is 10.9 Å². The van der Waals surface area contributed by atoms with E-state index in [1.165, 1.54) is 0 Å². The summed E-state index contributed by atoms with van der Waals surface area (Å²) in [7, 11) is 3.97. The molecule has 1 aromatic heterocycles. The van der Waals surface area contributed by atoms with Gasteiger partial charge in [-0.2, -0.15) is 5.10 Å². The second-order valence-electron chi connectivity index (χ2n) is 4.89.